The molecular weight excluding hydrogens is 422 g/mol. The molecule has 1 aromatic carbocycles. The van der Waals surface area contributed by atoms with Gasteiger partial charge in [0.1, 0.15) is 10.8 Å². The van der Waals surface area contributed by atoms with Gasteiger partial charge in [-0.15, -0.1) is 21.5 Å². The monoisotopic (exact) mass is 435 g/mol. The lowest BCUT2D eigenvalue weighted by atomic mass is 10.2. The number of aromatic nitrogens is 4. The third kappa shape index (κ3) is 4.30. The number of nitrogens with zero attached hydrogens (tertiary/aromatic N) is 4. The number of alkyl halides is 3. The lowest BCUT2D eigenvalue weighted by Gasteiger charge is -2.08. The van der Waals surface area contributed by atoms with Crippen molar-refractivity contribution in [3.63, 3.8) is 0 Å². The second kappa shape index (κ2) is 7.82. The molecule has 1 N–H and O–H groups in total. The Morgan fingerprint density at radius 2 is 1.87 bits per heavy atom. The van der Waals surface area contributed by atoms with Crippen LogP contribution in [0.5, 0.6) is 0 Å². The molecule has 6 nitrogen and oxygen atoms in total. The molecule has 0 unspecified atom stereocenters. The standard InChI is InChI=1S/C19H13F4N5OS/c20-13-4-1-11(2-5-13)18-25-14(10-30-18)7-17(29)24-8-16-27-26-15-6-3-12(9-28(15)16)19(21,22)23/h1-6,9-10H,7-8H2,(H,24,29). The van der Waals surface area contributed by atoms with Gasteiger partial charge in [0.2, 0.25) is 5.91 Å². The lowest BCUT2D eigenvalue weighted by Crippen LogP contribution is -2.25. The van der Waals surface area contributed by atoms with Gasteiger partial charge in [0.25, 0.3) is 0 Å². The minimum atomic E-state index is -4.49. The van der Waals surface area contributed by atoms with Crippen LogP contribution in [0.3, 0.4) is 0 Å². The molecule has 154 valence electrons. The summed E-state index contributed by atoms with van der Waals surface area (Å²) in [5, 5.41) is 12.6. The number of hydrogen-bond donors (Lipinski definition) is 1. The largest absolute Gasteiger partial charge is 0.417 e. The molecule has 3 aromatic heterocycles. The summed E-state index contributed by atoms with van der Waals surface area (Å²) >= 11 is 1.33. The van der Waals surface area contributed by atoms with Crippen LogP contribution in [0.15, 0.2) is 48.0 Å². The topological polar surface area (TPSA) is 72.2 Å². The molecule has 0 fully saturated rings. The predicted molar refractivity (Wildman–Crippen MR) is 101 cm³/mol. The SMILES string of the molecule is O=C(Cc1csc(-c2ccc(F)cc2)n1)NCc1nnc2ccc(C(F)(F)F)cn12. The van der Waals surface area contributed by atoms with Gasteiger partial charge >= 0.3 is 6.18 Å². The van der Waals surface area contributed by atoms with Gasteiger partial charge in [0.05, 0.1) is 24.2 Å². The summed E-state index contributed by atoms with van der Waals surface area (Å²) in [6.07, 6.45) is -3.61. The van der Waals surface area contributed by atoms with E-state index >= 15 is 0 Å². The number of rotatable bonds is 5. The molecule has 11 heteroatoms. The zero-order valence-corrected chi connectivity index (χ0v) is 16.0. The quantitative estimate of drug-likeness (QED) is 0.483. The van der Waals surface area contributed by atoms with Crippen LogP contribution in [0.1, 0.15) is 17.1 Å². The Morgan fingerprint density at radius 1 is 1.10 bits per heavy atom. The average Bonchev–Trinajstić information content (AvgIpc) is 3.33. The number of benzene rings is 1. The van der Waals surface area contributed by atoms with Gasteiger partial charge in [-0.05, 0) is 36.4 Å². The number of pyridine rings is 1. The van der Waals surface area contributed by atoms with Crippen molar-refractivity contribution < 1.29 is 22.4 Å². The van der Waals surface area contributed by atoms with Crippen LogP contribution in [-0.4, -0.2) is 25.5 Å². The second-order valence-corrected chi connectivity index (χ2v) is 7.22. The van der Waals surface area contributed by atoms with Crippen molar-refractivity contribution >= 4 is 22.9 Å². The van der Waals surface area contributed by atoms with Gasteiger partial charge in [-0.3, -0.25) is 9.20 Å². The average molecular weight is 435 g/mol. The van der Waals surface area contributed by atoms with E-state index in [4.69, 9.17) is 0 Å². The van der Waals surface area contributed by atoms with Crippen molar-refractivity contribution in [3.05, 3.63) is 70.9 Å². The summed E-state index contributed by atoms with van der Waals surface area (Å²) in [6.45, 7) is -0.0870. The Kier molecular flexibility index (Phi) is 5.20. The third-order valence-corrected chi connectivity index (χ3v) is 5.17. The van der Waals surface area contributed by atoms with Gasteiger partial charge in [-0.1, -0.05) is 0 Å². The molecule has 0 saturated heterocycles. The molecule has 4 rings (SSSR count). The maximum atomic E-state index is 13.0. The first kappa shape index (κ1) is 20.0. The number of carbonyl (C=O) groups excluding carboxylic acids is 1. The zero-order chi connectivity index (χ0) is 21.3. The Balaban J connectivity index is 1.41. The highest BCUT2D eigenvalue weighted by atomic mass is 32.1. The summed E-state index contributed by atoms with van der Waals surface area (Å²) in [4.78, 5) is 16.6. The number of nitrogens with one attached hydrogen (secondary N) is 1. The molecule has 0 aliphatic carbocycles. The molecule has 30 heavy (non-hydrogen) atoms. The molecule has 0 aliphatic heterocycles. The first-order valence-corrected chi connectivity index (χ1v) is 9.55. The number of halogens is 4. The van der Waals surface area contributed by atoms with Crippen LogP contribution < -0.4 is 5.32 Å². The fourth-order valence-electron chi connectivity index (χ4n) is 2.74. The summed E-state index contributed by atoms with van der Waals surface area (Å²) in [7, 11) is 0. The highest BCUT2D eigenvalue weighted by Crippen LogP contribution is 2.29. The number of carbonyl (C=O) groups is 1. The van der Waals surface area contributed by atoms with E-state index in [1.807, 2.05) is 0 Å². The molecule has 4 aromatic rings. The van der Waals surface area contributed by atoms with Crippen molar-refractivity contribution in [2.24, 2.45) is 0 Å². The van der Waals surface area contributed by atoms with Gasteiger partial charge in [0, 0.05) is 17.1 Å². The second-order valence-electron chi connectivity index (χ2n) is 6.36. The van der Waals surface area contributed by atoms with Gasteiger partial charge in [-0.2, -0.15) is 13.2 Å². The number of hydrogen-bond acceptors (Lipinski definition) is 5. The van der Waals surface area contributed by atoms with E-state index in [-0.39, 0.29) is 36.2 Å². The maximum Gasteiger partial charge on any atom is 0.417 e. The van der Waals surface area contributed by atoms with Gasteiger partial charge in [-0.25, -0.2) is 9.37 Å². The van der Waals surface area contributed by atoms with E-state index in [1.54, 1.807) is 17.5 Å². The summed E-state index contributed by atoms with van der Waals surface area (Å²) in [6, 6.07) is 8.00. The fraction of sp³-hybridized carbons (Fsp3) is 0.158. The number of thiazole rings is 1. The molecule has 0 radical (unpaired) electrons. The molecule has 3 heterocycles. The number of fused-ring (bicyclic) bond motifs is 1. The predicted octanol–water partition coefficient (Wildman–Crippen LogP) is 3.87. The van der Waals surface area contributed by atoms with Crippen molar-refractivity contribution in [1.82, 2.24) is 24.9 Å². The highest BCUT2D eigenvalue weighted by Gasteiger charge is 2.31. The summed E-state index contributed by atoms with van der Waals surface area (Å²) in [5.41, 5.74) is 0.680. The summed E-state index contributed by atoms with van der Waals surface area (Å²) < 4.78 is 52.9. The van der Waals surface area contributed by atoms with Crippen LogP contribution in [0.4, 0.5) is 17.6 Å². The molecule has 0 saturated carbocycles. The molecule has 0 bridgehead atoms. The van der Waals surface area contributed by atoms with E-state index in [1.165, 1.54) is 33.9 Å². The van der Waals surface area contributed by atoms with Crippen LogP contribution in [0.2, 0.25) is 0 Å². The Bertz CT molecular complexity index is 1200. The third-order valence-electron chi connectivity index (χ3n) is 4.23. The zero-order valence-electron chi connectivity index (χ0n) is 15.2. The van der Waals surface area contributed by atoms with Crippen molar-refractivity contribution in [2.75, 3.05) is 0 Å². The van der Waals surface area contributed by atoms with Gasteiger partial charge < -0.3 is 5.32 Å². The lowest BCUT2D eigenvalue weighted by molar-refractivity contribution is -0.137. The van der Waals surface area contributed by atoms with Crippen LogP contribution in [0, 0.1) is 5.82 Å². The molecular formula is C19H13F4N5OS. The maximum absolute atomic E-state index is 13.0. The van der Waals surface area contributed by atoms with Crippen molar-refractivity contribution in [3.8, 4) is 10.6 Å². The van der Waals surface area contributed by atoms with E-state index in [0.717, 1.165) is 17.8 Å². The minimum Gasteiger partial charge on any atom is -0.348 e. The number of amides is 1. The molecule has 0 atom stereocenters. The normalized spacial score (nSPS) is 11.7. The van der Waals surface area contributed by atoms with E-state index in [9.17, 15) is 22.4 Å². The van der Waals surface area contributed by atoms with Crippen LogP contribution in [-0.2, 0) is 23.9 Å². The van der Waals surface area contributed by atoms with E-state index < -0.39 is 11.7 Å². The van der Waals surface area contributed by atoms with E-state index in [0.29, 0.717) is 10.7 Å². The Labute approximate surface area is 171 Å². The minimum absolute atomic E-state index is 0.0117. The first-order chi connectivity index (χ1) is 14.3. The fourth-order valence-corrected chi connectivity index (χ4v) is 3.57. The summed E-state index contributed by atoms with van der Waals surface area (Å²) in [5.74, 6) is -0.539. The van der Waals surface area contributed by atoms with Gasteiger partial charge in [0.15, 0.2) is 11.5 Å². The first-order valence-electron chi connectivity index (χ1n) is 8.67. The van der Waals surface area contributed by atoms with Crippen LogP contribution >= 0.6 is 11.3 Å². The van der Waals surface area contributed by atoms with E-state index in [2.05, 4.69) is 20.5 Å². The van der Waals surface area contributed by atoms with Crippen LogP contribution in [0.25, 0.3) is 16.2 Å². The molecule has 0 aliphatic rings. The van der Waals surface area contributed by atoms with Crippen molar-refractivity contribution in [2.45, 2.75) is 19.1 Å². The highest BCUT2D eigenvalue weighted by molar-refractivity contribution is 7.13. The van der Waals surface area contributed by atoms with Crippen molar-refractivity contribution in [1.29, 1.82) is 0 Å². The smallest absolute Gasteiger partial charge is 0.348 e. The molecule has 1 amide bonds. The molecule has 0 spiro atoms. The Morgan fingerprint density at radius 3 is 2.60 bits per heavy atom. The Hall–Kier alpha value is -3.34.